The molecule has 3 aliphatic heterocycles. The molecule has 4 heteroatoms. The number of piperidine rings is 3. The van der Waals surface area contributed by atoms with Crippen LogP contribution in [0.3, 0.4) is 0 Å². The molecule has 1 N–H and O–H groups in total. The van der Waals surface area contributed by atoms with Crippen LogP contribution >= 0.6 is 0 Å². The SMILES string of the molecule is CCC12CCN(CC1)[C@@](CO)(COC)C2=O. The van der Waals surface area contributed by atoms with Crippen LogP contribution in [0.5, 0.6) is 0 Å². The Labute approximate surface area is 96.6 Å². The zero-order valence-corrected chi connectivity index (χ0v) is 10.2. The summed E-state index contributed by atoms with van der Waals surface area (Å²) < 4.78 is 5.17. The minimum atomic E-state index is -0.763. The van der Waals surface area contributed by atoms with Crippen molar-refractivity contribution < 1.29 is 14.6 Å². The maximum absolute atomic E-state index is 12.6. The molecule has 0 amide bonds. The number of hydrogen-bond acceptors (Lipinski definition) is 4. The molecule has 3 heterocycles. The summed E-state index contributed by atoms with van der Waals surface area (Å²) in [5.74, 6) is 0.198. The van der Waals surface area contributed by atoms with Crippen LogP contribution in [0.15, 0.2) is 0 Å². The second kappa shape index (κ2) is 4.09. The van der Waals surface area contributed by atoms with Gasteiger partial charge in [-0.1, -0.05) is 6.92 Å². The van der Waals surface area contributed by atoms with E-state index in [9.17, 15) is 9.90 Å². The van der Waals surface area contributed by atoms with E-state index in [1.807, 2.05) is 0 Å². The lowest BCUT2D eigenvalue weighted by Gasteiger charge is -2.57. The van der Waals surface area contributed by atoms with E-state index in [0.29, 0.717) is 6.61 Å². The minimum absolute atomic E-state index is 0.124. The van der Waals surface area contributed by atoms with Gasteiger partial charge in [-0.3, -0.25) is 9.69 Å². The van der Waals surface area contributed by atoms with Gasteiger partial charge < -0.3 is 9.84 Å². The molecular formula is C12H21NO3. The number of ketones is 1. The summed E-state index contributed by atoms with van der Waals surface area (Å²) in [5, 5.41) is 9.63. The van der Waals surface area contributed by atoms with Crippen LogP contribution in [0.4, 0.5) is 0 Å². The van der Waals surface area contributed by atoms with Crippen molar-refractivity contribution in [1.29, 1.82) is 0 Å². The molecule has 0 unspecified atom stereocenters. The maximum Gasteiger partial charge on any atom is 0.164 e. The molecule has 16 heavy (non-hydrogen) atoms. The molecule has 0 aromatic carbocycles. The van der Waals surface area contributed by atoms with Crippen molar-refractivity contribution >= 4 is 5.78 Å². The quantitative estimate of drug-likeness (QED) is 0.757. The fourth-order valence-corrected chi connectivity index (χ4v) is 3.35. The molecule has 3 aliphatic rings. The highest BCUT2D eigenvalue weighted by Crippen LogP contribution is 2.47. The van der Waals surface area contributed by atoms with Crippen LogP contribution in [0, 0.1) is 5.41 Å². The van der Waals surface area contributed by atoms with Crippen LogP contribution in [0.2, 0.25) is 0 Å². The van der Waals surface area contributed by atoms with Crippen LogP contribution < -0.4 is 0 Å². The van der Waals surface area contributed by atoms with Crippen molar-refractivity contribution in [3.05, 3.63) is 0 Å². The average molecular weight is 227 g/mol. The first-order valence-electron chi connectivity index (χ1n) is 6.05. The Balaban J connectivity index is 2.36. The molecule has 92 valence electrons. The predicted octanol–water partition coefficient (Wildman–Crippen LogP) is 0.439. The zero-order chi connectivity index (χ0) is 11.8. The Morgan fingerprint density at radius 1 is 1.44 bits per heavy atom. The number of rotatable bonds is 4. The van der Waals surface area contributed by atoms with Gasteiger partial charge in [0, 0.05) is 25.6 Å². The third kappa shape index (κ3) is 1.36. The lowest BCUT2D eigenvalue weighted by atomic mass is 9.62. The van der Waals surface area contributed by atoms with Gasteiger partial charge in [-0.25, -0.2) is 0 Å². The third-order valence-corrected chi connectivity index (χ3v) is 4.55. The number of carbonyl (C=O) groups is 1. The molecule has 0 aromatic heterocycles. The van der Waals surface area contributed by atoms with Gasteiger partial charge in [-0.15, -0.1) is 0 Å². The topological polar surface area (TPSA) is 49.8 Å². The van der Waals surface area contributed by atoms with Gasteiger partial charge >= 0.3 is 0 Å². The molecule has 0 aromatic rings. The van der Waals surface area contributed by atoms with Gasteiger partial charge in [-0.05, 0) is 19.3 Å². The molecule has 3 fully saturated rings. The lowest BCUT2D eigenvalue weighted by Crippen LogP contribution is -2.72. The van der Waals surface area contributed by atoms with Crippen molar-refractivity contribution in [2.45, 2.75) is 31.7 Å². The normalized spacial score (nSPS) is 42.7. The highest BCUT2D eigenvalue weighted by Gasteiger charge is 2.59. The van der Waals surface area contributed by atoms with Crippen molar-refractivity contribution in [2.75, 3.05) is 33.4 Å². The van der Waals surface area contributed by atoms with Gasteiger partial charge in [0.1, 0.15) is 5.54 Å². The van der Waals surface area contributed by atoms with Gasteiger partial charge in [0.15, 0.2) is 5.78 Å². The van der Waals surface area contributed by atoms with Gasteiger partial charge in [0.05, 0.1) is 13.2 Å². The number of carbonyl (C=O) groups excluding carboxylic acids is 1. The van der Waals surface area contributed by atoms with E-state index in [0.717, 1.165) is 32.4 Å². The van der Waals surface area contributed by atoms with E-state index in [1.54, 1.807) is 7.11 Å². The number of nitrogens with zero attached hydrogens (tertiary/aromatic N) is 1. The summed E-state index contributed by atoms with van der Waals surface area (Å²) in [7, 11) is 1.59. The smallest absolute Gasteiger partial charge is 0.164 e. The van der Waals surface area contributed by atoms with Crippen LogP contribution in [-0.4, -0.2) is 54.7 Å². The van der Waals surface area contributed by atoms with Gasteiger partial charge in [0.25, 0.3) is 0 Å². The average Bonchev–Trinajstić information content (AvgIpc) is 2.35. The summed E-state index contributed by atoms with van der Waals surface area (Å²) in [4.78, 5) is 14.7. The summed E-state index contributed by atoms with van der Waals surface area (Å²) >= 11 is 0. The van der Waals surface area contributed by atoms with Crippen LogP contribution in [-0.2, 0) is 9.53 Å². The van der Waals surface area contributed by atoms with Crippen molar-refractivity contribution in [1.82, 2.24) is 4.90 Å². The maximum atomic E-state index is 12.6. The van der Waals surface area contributed by atoms with Crippen LogP contribution in [0.1, 0.15) is 26.2 Å². The molecule has 0 radical (unpaired) electrons. The van der Waals surface area contributed by atoms with Crippen LogP contribution in [0.25, 0.3) is 0 Å². The molecular weight excluding hydrogens is 206 g/mol. The van der Waals surface area contributed by atoms with Gasteiger partial charge in [0.2, 0.25) is 0 Å². The molecule has 3 rings (SSSR count). The number of fused-ring (bicyclic) bond motifs is 3. The van der Waals surface area contributed by atoms with E-state index in [2.05, 4.69) is 11.8 Å². The zero-order valence-electron chi connectivity index (χ0n) is 10.2. The highest BCUT2D eigenvalue weighted by molar-refractivity contribution is 5.95. The summed E-state index contributed by atoms with van der Waals surface area (Å²) in [6.07, 6.45) is 2.76. The molecule has 3 saturated heterocycles. The fourth-order valence-electron chi connectivity index (χ4n) is 3.35. The molecule has 1 atom stereocenters. The van der Waals surface area contributed by atoms with Crippen molar-refractivity contribution in [3.8, 4) is 0 Å². The Kier molecular flexibility index (Phi) is 3.07. The fraction of sp³-hybridized carbons (Fsp3) is 0.917. The largest absolute Gasteiger partial charge is 0.394 e. The predicted molar refractivity (Wildman–Crippen MR) is 60.2 cm³/mol. The van der Waals surface area contributed by atoms with E-state index >= 15 is 0 Å². The third-order valence-electron chi connectivity index (χ3n) is 4.55. The second-order valence-corrected chi connectivity index (χ2v) is 5.07. The number of hydrogen-bond donors (Lipinski definition) is 1. The number of aliphatic hydroxyl groups excluding tert-OH is 1. The Morgan fingerprint density at radius 3 is 2.50 bits per heavy atom. The standard InChI is InChI=1S/C12H21NO3/c1-3-11-4-6-13(7-5-11)12(8-14,9-16-2)10(11)15/h14H,3-9H2,1-2H3/t12-/m0/s1. The summed E-state index contributed by atoms with van der Waals surface area (Å²) in [6.45, 7) is 4.08. The van der Waals surface area contributed by atoms with E-state index < -0.39 is 5.54 Å². The Morgan fingerprint density at radius 2 is 2.06 bits per heavy atom. The number of ether oxygens (including phenoxy) is 1. The summed E-state index contributed by atoms with van der Waals surface area (Å²) in [5.41, 5.74) is -0.961. The lowest BCUT2D eigenvalue weighted by molar-refractivity contribution is -0.171. The first-order chi connectivity index (χ1) is 7.65. The number of methoxy groups -OCH3 is 1. The minimum Gasteiger partial charge on any atom is -0.394 e. The van der Waals surface area contributed by atoms with E-state index in [1.165, 1.54) is 0 Å². The number of Topliss-reactive ketones (excluding diaryl/α,β-unsaturated/α-hetero) is 1. The summed E-state index contributed by atoms with van der Waals surface area (Å²) in [6, 6.07) is 0. The first-order valence-corrected chi connectivity index (χ1v) is 6.05. The monoisotopic (exact) mass is 227 g/mol. The Hall–Kier alpha value is -0.450. The molecule has 2 bridgehead atoms. The first kappa shape index (κ1) is 12.0. The Bertz CT molecular complexity index is 284. The molecule has 0 aliphatic carbocycles. The van der Waals surface area contributed by atoms with Gasteiger partial charge in [-0.2, -0.15) is 0 Å². The molecule has 0 saturated carbocycles. The van der Waals surface area contributed by atoms with E-state index in [4.69, 9.17) is 4.74 Å². The van der Waals surface area contributed by atoms with E-state index in [-0.39, 0.29) is 17.8 Å². The second-order valence-electron chi connectivity index (χ2n) is 5.07. The van der Waals surface area contributed by atoms with Crippen molar-refractivity contribution in [3.63, 3.8) is 0 Å². The molecule has 4 nitrogen and oxygen atoms in total. The molecule has 0 spiro atoms. The number of aliphatic hydroxyl groups is 1. The van der Waals surface area contributed by atoms with Crippen molar-refractivity contribution in [2.24, 2.45) is 5.41 Å². The highest BCUT2D eigenvalue weighted by atomic mass is 16.5.